The zero-order valence-electron chi connectivity index (χ0n) is 16.3. The molecular formula is C21H18F3N3O4. The van der Waals surface area contributed by atoms with Gasteiger partial charge in [-0.05, 0) is 17.7 Å². The van der Waals surface area contributed by atoms with Gasteiger partial charge in [0, 0.05) is 18.4 Å². The highest BCUT2D eigenvalue weighted by atomic mass is 19.4. The van der Waals surface area contributed by atoms with Gasteiger partial charge in [-0.3, -0.25) is 4.79 Å². The Morgan fingerprint density at radius 3 is 2.55 bits per heavy atom. The summed E-state index contributed by atoms with van der Waals surface area (Å²) in [5.74, 6) is -1.02. The number of benzene rings is 2. The molecule has 0 aliphatic heterocycles. The van der Waals surface area contributed by atoms with Crippen LogP contribution >= 0.6 is 0 Å². The number of alkyl halides is 3. The van der Waals surface area contributed by atoms with Crippen molar-refractivity contribution in [3.05, 3.63) is 71.6 Å². The van der Waals surface area contributed by atoms with E-state index in [1.165, 1.54) is 19.2 Å². The molecule has 3 aromatic rings. The first-order valence-electron chi connectivity index (χ1n) is 9.20. The van der Waals surface area contributed by atoms with Gasteiger partial charge in [0.1, 0.15) is 0 Å². The van der Waals surface area contributed by atoms with Crippen molar-refractivity contribution in [2.45, 2.75) is 25.1 Å². The van der Waals surface area contributed by atoms with E-state index in [0.717, 1.165) is 12.1 Å². The smallest absolute Gasteiger partial charge is 0.416 e. The van der Waals surface area contributed by atoms with Crippen LogP contribution in [0.1, 0.15) is 29.5 Å². The molecule has 2 aromatic carbocycles. The molecule has 0 radical (unpaired) electrons. The van der Waals surface area contributed by atoms with Crippen LogP contribution in [0, 0.1) is 0 Å². The third-order valence-corrected chi connectivity index (χ3v) is 4.36. The van der Waals surface area contributed by atoms with E-state index in [9.17, 15) is 22.8 Å². The molecule has 0 unspecified atom stereocenters. The summed E-state index contributed by atoms with van der Waals surface area (Å²) in [4.78, 5) is 28.4. The normalized spacial score (nSPS) is 12.3. The fraction of sp³-hybridized carbons (Fsp3) is 0.238. The molecule has 0 spiro atoms. The minimum absolute atomic E-state index is 0.0155. The molecule has 3 rings (SSSR count). The van der Waals surface area contributed by atoms with Gasteiger partial charge in [-0.1, -0.05) is 47.6 Å². The van der Waals surface area contributed by atoms with Crippen LogP contribution < -0.4 is 5.32 Å². The van der Waals surface area contributed by atoms with Crippen molar-refractivity contribution in [3.63, 3.8) is 0 Å². The molecule has 0 saturated carbocycles. The standard InChI is InChI=1S/C21H18F3N3O4/c1-30-20(29)18(13-6-3-2-4-7-13)25-16(28)10-11-17-26-19(27-31-17)14-8-5-9-15(12-14)21(22,23)24/h2-9,12,18H,10-11H2,1H3,(H,25,28)/t18-/m1/s1. The summed E-state index contributed by atoms with van der Waals surface area (Å²) in [5, 5.41) is 6.27. The number of carbonyl (C=O) groups is 2. The molecule has 0 bridgehead atoms. The molecule has 1 N–H and O–H groups in total. The maximum absolute atomic E-state index is 12.9. The Morgan fingerprint density at radius 1 is 1.13 bits per heavy atom. The number of esters is 1. The summed E-state index contributed by atoms with van der Waals surface area (Å²) >= 11 is 0. The highest BCUT2D eigenvalue weighted by Gasteiger charge is 2.31. The minimum atomic E-state index is -4.49. The highest BCUT2D eigenvalue weighted by Crippen LogP contribution is 2.31. The number of halogens is 3. The molecule has 31 heavy (non-hydrogen) atoms. The van der Waals surface area contributed by atoms with E-state index >= 15 is 0 Å². The van der Waals surface area contributed by atoms with Crippen LogP contribution in [0.25, 0.3) is 11.4 Å². The summed E-state index contributed by atoms with van der Waals surface area (Å²) in [6.07, 6.45) is -4.53. The summed E-state index contributed by atoms with van der Waals surface area (Å²) in [6.45, 7) is 0. The van der Waals surface area contributed by atoms with Crippen LogP contribution in [-0.2, 0) is 26.9 Å². The fourth-order valence-corrected chi connectivity index (χ4v) is 2.80. The summed E-state index contributed by atoms with van der Waals surface area (Å²) in [6, 6.07) is 12.2. The van der Waals surface area contributed by atoms with E-state index in [1.807, 2.05) is 0 Å². The lowest BCUT2D eigenvalue weighted by Gasteiger charge is -2.16. The number of nitrogens with zero attached hydrogens (tertiary/aromatic N) is 2. The zero-order valence-corrected chi connectivity index (χ0v) is 16.3. The summed E-state index contributed by atoms with van der Waals surface area (Å²) in [5.41, 5.74) is -0.123. The quantitative estimate of drug-likeness (QED) is 0.571. The second-order valence-corrected chi connectivity index (χ2v) is 6.52. The van der Waals surface area contributed by atoms with Crippen molar-refractivity contribution >= 4 is 11.9 Å². The minimum Gasteiger partial charge on any atom is -0.467 e. The molecule has 7 nitrogen and oxygen atoms in total. The van der Waals surface area contributed by atoms with Crippen molar-refractivity contribution < 1.29 is 32.0 Å². The average Bonchev–Trinajstić information content (AvgIpc) is 3.25. The Bertz CT molecular complexity index is 1050. The lowest BCUT2D eigenvalue weighted by molar-refractivity contribution is -0.145. The van der Waals surface area contributed by atoms with Crippen LogP contribution in [-0.4, -0.2) is 29.1 Å². The van der Waals surface area contributed by atoms with Crippen LogP contribution in [0.15, 0.2) is 59.1 Å². The van der Waals surface area contributed by atoms with Crippen molar-refractivity contribution in [1.82, 2.24) is 15.5 Å². The molecule has 0 fully saturated rings. The first-order valence-corrected chi connectivity index (χ1v) is 9.20. The van der Waals surface area contributed by atoms with E-state index in [1.54, 1.807) is 30.3 Å². The summed E-state index contributed by atoms with van der Waals surface area (Å²) in [7, 11) is 1.22. The zero-order chi connectivity index (χ0) is 22.4. The second-order valence-electron chi connectivity index (χ2n) is 6.52. The first-order chi connectivity index (χ1) is 14.8. The fourth-order valence-electron chi connectivity index (χ4n) is 2.80. The number of amides is 1. The predicted octanol–water partition coefficient (Wildman–Crippen LogP) is 3.72. The number of aromatic nitrogens is 2. The average molecular weight is 433 g/mol. The van der Waals surface area contributed by atoms with E-state index < -0.39 is 29.7 Å². The highest BCUT2D eigenvalue weighted by molar-refractivity contribution is 5.85. The number of nitrogens with one attached hydrogen (secondary N) is 1. The molecule has 0 saturated heterocycles. The number of hydrogen-bond acceptors (Lipinski definition) is 6. The Hall–Kier alpha value is -3.69. The lowest BCUT2D eigenvalue weighted by Crippen LogP contribution is -2.34. The van der Waals surface area contributed by atoms with Gasteiger partial charge in [-0.15, -0.1) is 0 Å². The van der Waals surface area contributed by atoms with E-state index in [0.29, 0.717) is 5.56 Å². The van der Waals surface area contributed by atoms with Crippen molar-refractivity contribution in [2.24, 2.45) is 0 Å². The van der Waals surface area contributed by atoms with Crippen LogP contribution in [0.4, 0.5) is 13.2 Å². The van der Waals surface area contributed by atoms with E-state index in [-0.39, 0.29) is 30.1 Å². The van der Waals surface area contributed by atoms with Gasteiger partial charge in [-0.2, -0.15) is 18.2 Å². The molecule has 1 aromatic heterocycles. The Kier molecular flexibility index (Phi) is 6.68. The topological polar surface area (TPSA) is 94.3 Å². The number of ether oxygens (including phenoxy) is 1. The van der Waals surface area contributed by atoms with E-state index in [4.69, 9.17) is 9.26 Å². The third kappa shape index (κ3) is 5.68. The van der Waals surface area contributed by atoms with Gasteiger partial charge in [0.05, 0.1) is 12.7 Å². The Balaban J connectivity index is 1.64. The maximum Gasteiger partial charge on any atom is 0.416 e. The SMILES string of the molecule is COC(=O)[C@H](NC(=O)CCc1nc(-c2cccc(C(F)(F)F)c2)no1)c1ccccc1. The van der Waals surface area contributed by atoms with E-state index in [2.05, 4.69) is 15.5 Å². The molecule has 1 atom stereocenters. The van der Waals surface area contributed by atoms with Crippen molar-refractivity contribution in [1.29, 1.82) is 0 Å². The lowest BCUT2D eigenvalue weighted by atomic mass is 10.1. The molecule has 0 aliphatic carbocycles. The largest absolute Gasteiger partial charge is 0.467 e. The van der Waals surface area contributed by atoms with Gasteiger partial charge >= 0.3 is 12.1 Å². The predicted molar refractivity (Wildman–Crippen MR) is 102 cm³/mol. The second kappa shape index (κ2) is 9.41. The first kappa shape index (κ1) is 22.0. The summed E-state index contributed by atoms with van der Waals surface area (Å²) < 4.78 is 48.4. The maximum atomic E-state index is 12.9. The van der Waals surface area contributed by atoms with Crippen molar-refractivity contribution in [3.8, 4) is 11.4 Å². The Labute approximate surface area is 175 Å². The number of carbonyl (C=O) groups excluding carboxylic acids is 2. The Morgan fingerprint density at radius 2 is 1.87 bits per heavy atom. The molecule has 0 aliphatic rings. The van der Waals surface area contributed by atoms with Gasteiger partial charge < -0.3 is 14.6 Å². The number of rotatable bonds is 7. The van der Waals surface area contributed by atoms with Crippen LogP contribution in [0.5, 0.6) is 0 Å². The number of aryl methyl sites for hydroxylation is 1. The molecule has 10 heteroatoms. The number of methoxy groups -OCH3 is 1. The van der Waals surface area contributed by atoms with Crippen molar-refractivity contribution in [2.75, 3.05) is 7.11 Å². The van der Waals surface area contributed by atoms with Gasteiger partial charge in [-0.25, -0.2) is 4.79 Å². The van der Waals surface area contributed by atoms with Crippen LogP contribution in [0.2, 0.25) is 0 Å². The third-order valence-electron chi connectivity index (χ3n) is 4.36. The monoisotopic (exact) mass is 433 g/mol. The van der Waals surface area contributed by atoms with Crippen LogP contribution in [0.3, 0.4) is 0 Å². The molecular weight excluding hydrogens is 415 g/mol. The van der Waals surface area contributed by atoms with Gasteiger partial charge in [0.15, 0.2) is 6.04 Å². The van der Waals surface area contributed by atoms with Gasteiger partial charge in [0.25, 0.3) is 0 Å². The molecule has 1 amide bonds. The molecule has 162 valence electrons. The van der Waals surface area contributed by atoms with Gasteiger partial charge in [0.2, 0.25) is 17.6 Å². The number of hydrogen-bond donors (Lipinski definition) is 1. The molecule has 1 heterocycles.